The molecule has 0 spiro atoms. The highest BCUT2D eigenvalue weighted by Gasteiger charge is 2.14. The summed E-state index contributed by atoms with van der Waals surface area (Å²) in [5, 5.41) is 0. The van der Waals surface area contributed by atoms with E-state index >= 15 is 0 Å². The van der Waals surface area contributed by atoms with E-state index in [1.165, 1.54) is 0 Å². The fourth-order valence-electron chi connectivity index (χ4n) is 2.01. The number of ether oxygens (including phenoxy) is 1. The molecule has 2 rings (SSSR count). The Kier molecular flexibility index (Phi) is 3.72. The molecule has 3 heteroatoms. The number of nitrogens with two attached hydrogens (primary N) is 1. The lowest BCUT2D eigenvalue weighted by Crippen LogP contribution is -2.11. The molecule has 18 heavy (non-hydrogen) atoms. The molecular weight excluding hydrogens is 226 g/mol. The molecule has 2 aromatic rings. The summed E-state index contributed by atoms with van der Waals surface area (Å²) in [7, 11) is 1.67. The van der Waals surface area contributed by atoms with E-state index in [9.17, 15) is 0 Å². The van der Waals surface area contributed by atoms with Crippen LogP contribution in [0.25, 0.3) is 0 Å². The number of furan rings is 1. The number of rotatable bonds is 4. The molecule has 0 aliphatic heterocycles. The molecule has 1 unspecified atom stereocenters. The fraction of sp³-hybridized carbons (Fsp3) is 0.333. The fourth-order valence-corrected chi connectivity index (χ4v) is 2.01. The summed E-state index contributed by atoms with van der Waals surface area (Å²) in [4.78, 5) is 0. The third kappa shape index (κ3) is 2.41. The molecule has 0 amide bonds. The molecule has 1 aromatic carbocycles. The molecule has 0 saturated carbocycles. The van der Waals surface area contributed by atoms with Crippen LogP contribution in [0.1, 0.15) is 35.6 Å². The molecule has 0 bridgehead atoms. The molecule has 0 radical (unpaired) electrons. The average molecular weight is 245 g/mol. The maximum absolute atomic E-state index is 6.21. The first-order valence-electron chi connectivity index (χ1n) is 6.14. The van der Waals surface area contributed by atoms with Gasteiger partial charge in [-0.1, -0.05) is 19.1 Å². The molecule has 0 saturated heterocycles. The van der Waals surface area contributed by atoms with E-state index in [4.69, 9.17) is 14.9 Å². The van der Waals surface area contributed by atoms with Crippen LogP contribution < -0.4 is 10.5 Å². The molecule has 1 aromatic heterocycles. The molecule has 96 valence electrons. The second kappa shape index (κ2) is 5.27. The van der Waals surface area contributed by atoms with Crippen molar-refractivity contribution in [3.8, 4) is 5.75 Å². The molecule has 3 nitrogen and oxygen atoms in total. The van der Waals surface area contributed by atoms with Gasteiger partial charge >= 0.3 is 0 Å². The first kappa shape index (κ1) is 12.7. The van der Waals surface area contributed by atoms with Gasteiger partial charge in [0.05, 0.1) is 13.2 Å². The number of benzene rings is 1. The minimum absolute atomic E-state index is 0.227. The van der Waals surface area contributed by atoms with E-state index in [0.717, 1.165) is 34.8 Å². The van der Waals surface area contributed by atoms with Gasteiger partial charge in [0.25, 0.3) is 0 Å². The molecule has 0 aliphatic carbocycles. The van der Waals surface area contributed by atoms with Crippen molar-refractivity contribution >= 4 is 0 Å². The van der Waals surface area contributed by atoms with Gasteiger partial charge in [0.2, 0.25) is 0 Å². The zero-order valence-electron chi connectivity index (χ0n) is 11.1. The summed E-state index contributed by atoms with van der Waals surface area (Å²) in [5.41, 5.74) is 8.32. The molecule has 0 aliphatic rings. The van der Waals surface area contributed by atoms with Gasteiger partial charge in [0.1, 0.15) is 17.3 Å². The van der Waals surface area contributed by atoms with Crippen molar-refractivity contribution in [1.29, 1.82) is 0 Å². The van der Waals surface area contributed by atoms with Crippen molar-refractivity contribution < 1.29 is 9.15 Å². The van der Waals surface area contributed by atoms with Crippen molar-refractivity contribution in [2.24, 2.45) is 5.73 Å². The Bertz CT molecular complexity index is 531. The van der Waals surface area contributed by atoms with Crippen LogP contribution in [0, 0.1) is 6.92 Å². The Morgan fingerprint density at radius 2 is 2.06 bits per heavy atom. The van der Waals surface area contributed by atoms with Crippen molar-refractivity contribution in [3.05, 3.63) is 53.0 Å². The topological polar surface area (TPSA) is 48.4 Å². The van der Waals surface area contributed by atoms with E-state index in [1.54, 1.807) is 7.11 Å². The minimum Gasteiger partial charge on any atom is -0.496 e. The van der Waals surface area contributed by atoms with Gasteiger partial charge in [0.15, 0.2) is 0 Å². The molecule has 0 fully saturated rings. The standard InChI is InChI=1S/C15H19NO2/c1-4-12-6-8-14(18-12)15(16)11-5-7-13(17-3)10(2)9-11/h5-9,15H,4,16H2,1-3H3. The van der Waals surface area contributed by atoms with Gasteiger partial charge in [-0.05, 0) is 36.2 Å². The van der Waals surface area contributed by atoms with Crippen molar-refractivity contribution in [3.63, 3.8) is 0 Å². The predicted molar refractivity (Wildman–Crippen MR) is 71.8 cm³/mol. The van der Waals surface area contributed by atoms with E-state index in [-0.39, 0.29) is 6.04 Å². The second-order valence-electron chi connectivity index (χ2n) is 4.36. The second-order valence-corrected chi connectivity index (χ2v) is 4.36. The van der Waals surface area contributed by atoms with Gasteiger partial charge in [-0.2, -0.15) is 0 Å². The van der Waals surface area contributed by atoms with Crippen LogP contribution in [0.5, 0.6) is 5.75 Å². The van der Waals surface area contributed by atoms with Crippen LogP contribution in [0.15, 0.2) is 34.7 Å². The molecule has 1 heterocycles. The largest absolute Gasteiger partial charge is 0.496 e. The van der Waals surface area contributed by atoms with Crippen molar-refractivity contribution in [1.82, 2.24) is 0 Å². The quantitative estimate of drug-likeness (QED) is 0.899. The number of hydrogen-bond acceptors (Lipinski definition) is 3. The van der Waals surface area contributed by atoms with Gasteiger partial charge in [-0.3, -0.25) is 0 Å². The highest BCUT2D eigenvalue weighted by atomic mass is 16.5. The van der Waals surface area contributed by atoms with E-state index < -0.39 is 0 Å². The summed E-state index contributed by atoms with van der Waals surface area (Å²) < 4.78 is 10.9. The minimum atomic E-state index is -0.227. The lowest BCUT2D eigenvalue weighted by Gasteiger charge is -2.12. The number of methoxy groups -OCH3 is 1. The zero-order valence-corrected chi connectivity index (χ0v) is 11.1. The predicted octanol–water partition coefficient (Wildman–Crippen LogP) is 3.21. The maximum atomic E-state index is 6.21. The van der Waals surface area contributed by atoms with Crippen LogP contribution in [-0.2, 0) is 6.42 Å². The van der Waals surface area contributed by atoms with Crippen molar-refractivity contribution in [2.75, 3.05) is 7.11 Å². The Morgan fingerprint density at radius 1 is 1.28 bits per heavy atom. The van der Waals surface area contributed by atoms with Gasteiger partial charge in [0, 0.05) is 6.42 Å². The van der Waals surface area contributed by atoms with Crippen molar-refractivity contribution in [2.45, 2.75) is 26.3 Å². The van der Waals surface area contributed by atoms with Gasteiger partial charge in [-0.25, -0.2) is 0 Å². The molecular formula is C15H19NO2. The smallest absolute Gasteiger partial charge is 0.125 e. The third-order valence-corrected chi connectivity index (χ3v) is 3.12. The van der Waals surface area contributed by atoms with E-state index in [1.807, 2.05) is 37.3 Å². The molecule has 2 N–H and O–H groups in total. The lowest BCUT2D eigenvalue weighted by molar-refractivity contribution is 0.411. The Morgan fingerprint density at radius 3 is 2.61 bits per heavy atom. The van der Waals surface area contributed by atoms with E-state index in [2.05, 4.69) is 6.92 Å². The SMILES string of the molecule is CCc1ccc(C(N)c2ccc(OC)c(C)c2)o1. The van der Waals surface area contributed by atoms with Crippen LogP contribution in [-0.4, -0.2) is 7.11 Å². The van der Waals surface area contributed by atoms with E-state index in [0.29, 0.717) is 0 Å². The zero-order chi connectivity index (χ0) is 13.1. The summed E-state index contributed by atoms with van der Waals surface area (Å²) in [6.07, 6.45) is 0.883. The number of hydrogen-bond donors (Lipinski definition) is 1. The average Bonchev–Trinajstić information content (AvgIpc) is 2.86. The lowest BCUT2D eigenvalue weighted by atomic mass is 10.0. The Labute approximate surface area is 108 Å². The van der Waals surface area contributed by atoms with Crippen LogP contribution in [0.4, 0.5) is 0 Å². The summed E-state index contributed by atoms with van der Waals surface area (Å²) >= 11 is 0. The molecule has 1 atom stereocenters. The summed E-state index contributed by atoms with van der Waals surface area (Å²) in [5.74, 6) is 2.64. The highest BCUT2D eigenvalue weighted by Crippen LogP contribution is 2.26. The third-order valence-electron chi connectivity index (χ3n) is 3.12. The number of aryl methyl sites for hydroxylation is 2. The monoisotopic (exact) mass is 245 g/mol. The summed E-state index contributed by atoms with van der Waals surface area (Å²) in [6.45, 7) is 4.07. The van der Waals surface area contributed by atoms with Crippen LogP contribution >= 0.6 is 0 Å². The highest BCUT2D eigenvalue weighted by molar-refractivity contribution is 5.39. The first-order chi connectivity index (χ1) is 8.65. The summed E-state index contributed by atoms with van der Waals surface area (Å²) in [6, 6.07) is 9.65. The first-order valence-corrected chi connectivity index (χ1v) is 6.14. The Balaban J connectivity index is 2.27. The Hall–Kier alpha value is -1.74. The van der Waals surface area contributed by atoms with Crippen LogP contribution in [0.2, 0.25) is 0 Å². The van der Waals surface area contributed by atoms with Gasteiger partial charge < -0.3 is 14.9 Å². The van der Waals surface area contributed by atoms with Crippen LogP contribution in [0.3, 0.4) is 0 Å². The maximum Gasteiger partial charge on any atom is 0.125 e. The normalized spacial score (nSPS) is 12.4. The van der Waals surface area contributed by atoms with Gasteiger partial charge in [-0.15, -0.1) is 0 Å².